The highest BCUT2D eigenvalue weighted by Crippen LogP contribution is 2.49. The summed E-state index contributed by atoms with van der Waals surface area (Å²) in [7, 11) is 0. The molecule has 0 saturated carbocycles. The Morgan fingerprint density at radius 2 is 1.78 bits per heavy atom. The number of hydrogen-bond donors (Lipinski definition) is 1. The van der Waals surface area contributed by atoms with Gasteiger partial charge in [0, 0.05) is 20.8 Å². The summed E-state index contributed by atoms with van der Waals surface area (Å²) >= 11 is 5.20. The van der Waals surface area contributed by atoms with Gasteiger partial charge in [0.2, 0.25) is 0 Å². The Bertz CT molecular complexity index is 563. The van der Waals surface area contributed by atoms with Gasteiger partial charge in [-0.25, -0.2) is 0 Å². The van der Waals surface area contributed by atoms with Crippen molar-refractivity contribution in [3.63, 3.8) is 0 Å². The summed E-state index contributed by atoms with van der Waals surface area (Å²) in [5.74, 6) is 0.316. The average molecular weight is 322 g/mol. The lowest BCUT2D eigenvalue weighted by Gasteiger charge is -2.32. The molecular weight excluding hydrogens is 310 g/mol. The zero-order valence-electron chi connectivity index (χ0n) is 9.85. The molecule has 4 heteroatoms. The van der Waals surface area contributed by atoms with Crippen molar-refractivity contribution < 1.29 is 5.11 Å². The van der Waals surface area contributed by atoms with E-state index in [-0.39, 0.29) is 0 Å². The molecule has 18 heavy (non-hydrogen) atoms. The molecule has 0 amide bonds. The van der Waals surface area contributed by atoms with E-state index in [0.29, 0.717) is 5.75 Å². The molecule has 0 fully saturated rings. The zero-order chi connectivity index (χ0) is 12.7. The van der Waals surface area contributed by atoms with Crippen LogP contribution in [0.2, 0.25) is 0 Å². The molecule has 1 N–H and O–H groups in total. The van der Waals surface area contributed by atoms with E-state index in [1.54, 1.807) is 17.8 Å². The van der Waals surface area contributed by atoms with Gasteiger partial charge in [-0.1, -0.05) is 27.7 Å². The van der Waals surface area contributed by atoms with Crippen LogP contribution in [0.4, 0.5) is 11.4 Å². The van der Waals surface area contributed by atoms with Gasteiger partial charge in [-0.3, -0.25) is 0 Å². The minimum atomic E-state index is 0.316. The third-order valence-corrected chi connectivity index (χ3v) is 4.57. The topological polar surface area (TPSA) is 23.5 Å². The van der Waals surface area contributed by atoms with Crippen LogP contribution in [-0.4, -0.2) is 11.7 Å². The van der Waals surface area contributed by atoms with Crippen molar-refractivity contribution in [1.29, 1.82) is 0 Å². The van der Waals surface area contributed by atoms with Crippen molar-refractivity contribution in [1.82, 2.24) is 0 Å². The fourth-order valence-corrected chi connectivity index (χ4v) is 3.87. The molecule has 0 aliphatic carbocycles. The number of fused-ring (bicyclic) bond motifs is 2. The summed E-state index contributed by atoms with van der Waals surface area (Å²) in [5.41, 5.74) is 2.39. The first-order chi connectivity index (χ1) is 8.69. The standard InChI is InChI=1S/C14H12BrNOS/c1-2-16-11-5-3-9(15)7-13(11)18-14-8-10(17)4-6-12(14)16/h3-8,17H,2H2,1H3. The summed E-state index contributed by atoms with van der Waals surface area (Å²) in [5, 5.41) is 9.61. The molecule has 1 aliphatic heterocycles. The Labute approximate surface area is 119 Å². The maximum atomic E-state index is 9.61. The van der Waals surface area contributed by atoms with Crippen LogP contribution in [0.3, 0.4) is 0 Å². The lowest BCUT2D eigenvalue weighted by Crippen LogP contribution is -2.19. The first-order valence-electron chi connectivity index (χ1n) is 5.77. The largest absolute Gasteiger partial charge is 0.508 e. The molecule has 3 rings (SSSR count). The molecule has 0 aromatic heterocycles. The Morgan fingerprint density at radius 1 is 1.11 bits per heavy atom. The van der Waals surface area contributed by atoms with E-state index in [0.717, 1.165) is 21.6 Å². The highest BCUT2D eigenvalue weighted by atomic mass is 79.9. The van der Waals surface area contributed by atoms with Gasteiger partial charge in [-0.2, -0.15) is 0 Å². The van der Waals surface area contributed by atoms with Crippen LogP contribution in [0, 0.1) is 0 Å². The van der Waals surface area contributed by atoms with Crippen LogP contribution in [0.1, 0.15) is 6.92 Å². The third kappa shape index (κ3) is 1.89. The van der Waals surface area contributed by atoms with Crippen molar-refractivity contribution in [2.75, 3.05) is 11.4 Å². The maximum absolute atomic E-state index is 9.61. The fourth-order valence-electron chi connectivity index (χ4n) is 2.19. The van der Waals surface area contributed by atoms with Crippen molar-refractivity contribution in [3.05, 3.63) is 40.9 Å². The highest BCUT2D eigenvalue weighted by molar-refractivity contribution is 9.10. The van der Waals surface area contributed by atoms with E-state index >= 15 is 0 Å². The summed E-state index contributed by atoms with van der Waals surface area (Å²) < 4.78 is 1.08. The van der Waals surface area contributed by atoms with Crippen molar-refractivity contribution in [2.24, 2.45) is 0 Å². The molecule has 0 radical (unpaired) electrons. The van der Waals surface area contributed by atoms with Gasteiger partial charge < -0.3 is 10.0 Å². The van der Waals surface area contributed by atoms with Gasteiger partial charge >= 0.3 is 0 Å². The monoisotopic (exact) mass is 321 g/mol. The molecule has 1 aliphatic rings. The molecule has 0 spiro atoms. The zero-order valence-corrected chi connectivity index (χ0v) is 12.3. The number of rotatable bonds is 1. The second kappa shape index (κ2) is 4.52. The molecule has 0 unspecified atom stereocenters. The van der Waals surface area contributed by atoms with Crippen molar-refractivity contribution in [2.45, 2.75) is 16.7 Å². The van der Waals surface area contributed by atoms with E-state index < -0.39 is 0 Å². The van der Waals surface area contributed by atoms with Crippen molar-refractivity contribution >= 4 is 39.1 Å². The lowest BCUT2D eigenvalue weighted by atomic mass is 10.2. The first-order valence-corrected chi connectivity index (χ1v) is 7.38. The van der Waals surface area contributed by atoms with Gasteiger partial charge in [-0.05, 0) is 43.3 Å². The minimum Gasteiger partial charge on any atom is -0.508 e. The van der Waals surface area contributed by atoms with Gasteiger partial charge in [0.05, 0.1) is 11.4 Å². The number of nitrogens with zero attached hydrogens (tertiary/aromatic N) is 1. The third-order valence-electron chi connectivity index (χ3n) is 2.98. The van der Waals surface area contributed by atoms with E-state index in [1.807, 2.05) is 12.1 Å². The normalized spacial score (nSPS) is 13.1. The maximum Gasteiger partial charge on any atom is 0.116 e. The number of benzene rings is 2. The Morgan fingerprint density at radius 3 is 2.50 bits per heavy atom. The minimum absolute atomic E-state index is 0.316. The van der Waals surface area contributed by atoms with Crippen LogP contribution in [-0.2, 0) is 0 Å². The molecule has 92 valence electrons. The number of phenolic OH excluding ortho intramolecular Hbond substituents is 1. The summed E-state index contributed by atoms with van der Waals surface area (Å²) in [6.07, 6.45) is 0. The van der Waals surface area contributed by atoms with E-state index in [1.165, 1.54) is 10.6 Å². The SMILES string of the molecule is CCN1c2ccc(O)cc2Sc2cc(Br)ccc21. The van der Waals surface area contributed by atoms with Crippen LogP contribution in [0.25, 0.3) is 0 Å². The Kier molecular flexibility index (Phi) is 2.99. The van der Waals surface area contributed by atoms with Crippen LogP contribution >= 0.6 is 27.7 Å². The molecule has 0 saturated heterocycles. The Hall–Kier alpha value is -1.13. The van der Waals surface area contributed by atoms with Crippen LogP contribution in [0.5, 0.6) is 5.75 Å². The predicted molar refractivity (Wildman–Crippen MR) is 79.1 cm³/mol. The predicted octanol–water partition coefficient (Wildman–Crippen LogP) is 4.78. The van der Waals surface area contributed by atoms with E-state index in [2.05, 4.69) is 46.0 Å². The second-order valence-electron chi connectivity index (χ2n) is 4.11. The highest BCUT2D eigenvalue weighted by Gasteiger charge is 2.22. The average Bonchev–Trinajstić information content (AvgIpc) is 2.35. The molecule has 0 bridgehead atoms. The number of aromatic hydroxyl groups is 1. The Balaban J connectivity index is 2.18. The molecule has 2 aromatic carbocycles. The van der Waals surface area contributed by atoms with Gasteiger partial charge in [0.15, 0.2) is 0 Å². The molecule has 0 atom stereocenters. The number of hydrogen-bond acceptors (Lipinski definition) is 3. The molecule has 1 heterocycles. The van der Waals surface area contributed by atoms with Gasteiger partial charge in [0.1, 0.15) is 5.75 Å². The molecular formula is C14H12BrNOS. The molecule has 2 aromatic rings. The van der Waals surface area contributed by atoms with E-state index in [4.69, 9.17) is 0 Å². The van der Waals surface area contributed by atoms with Gasteiger partial charge in [-0.15, -0.1) is 0 Å². The smallest absolute Gasteiger partial charge is 0.116 e. The number of phenols is 1. The van der Waals surface area contributed by atoms with Gasteiger partial charge in [0.25, 0.3) is 0 Å². The first kappa shape index (κ1) is 11.9. The quantitative estimate of drug-likeness (QED) is 0.817. The van der Waals surface area contributed by atoms with Crippen LogP contribution in [0.15, 0.2) is 50.7 Å². The van der Waals surface area contributed by atoms with Crippen LogP contribution < -0.4 is 4.90 Å². The second-order valence-corrected chi connectivity index (χ2v) is 6.11. The summed E-state index contributed by atoms with van der Waals surface area (Å²) in [6.45, 7) is 3.05. The van der Waals surface area contributed by atoms with Crippen molar-refractivity contribution in [3.8, 4) is 5.75 Å². The summed E-state index contributed by atoms with van der Waals surface area (Å²) in [4.78, 5) is 4.58. The van der Waals surface area contributed by atoms with E-state index in [9.17, 15) is 5.11 Å². The fraction of sp³-hybridized carbons (Fsp3) is 0.143. The number of halogens is 1. The lowest BCUT2D eigenvalue weighted by molar-refractivity contribution is 0.474. The summed E-state index contributed by atoms with van der Waals surface area (Å²) in [6, 6.07) is 11.9. The number of anilines is 2. The molecule has 2 nitrogen and oxygen atoms in total.